The first-order valence-electron chi connectivity index (χ1n) is 7.70. The van der Waals surface area contributed by atoms with Crippen LogP contribution in [-0.2, 0) is 10.0 Å². The van der Waals surface area contributed by atoms with Gasteiger partial charge in [0.15, 0.2) is 5.58 Å². The molecule has 1 N–H and O–H groups in total. The van der Waals surface area contributed by atoms with Gasteiger partial charge in [-0.25, -0.2) is 13.2 Å². The van der Waals surface area contributed by atoms with Gasteiger partial charge in [-0.15, -0.1) is 0 Å². The number of aromatic nitrogens is 1. The summed E-state index contributed by atoms with van der Waals surface area (Å²) in [7, 11) is -3.53. The van der Waals surface area contributed by atoms with Gasteiger partial charge in [-0.3, -0.25) is 4.98 Å². The van der Waals surface area contributed by atoms with Gasteiger partial charge in [0.1, 0.15) is 0 Å². The number of nitrogens with zero attached hydrogens (tertiary/aromatic N) is 1. The van der Waals surface area contributed by atoms with Crippen LogP contribution in [0, 0.1) is 5.92 Å². The smallest absolute Gasteiger partial charge is 0.408 e. The van der Waals surface area contributed by atoms with E-state index in [1.54, 1.807) is 16.4 Å². The maximum atomic E-state index is 12.9. The zero-order valence-electron chi connectivity index (χ0n) is 12.1. The van der Waals surface area contributed by atoms with E-state index in [1.807, 2.05) is 0 Å². The molecule has 22 heavy (non-hydrogen) atoms. The molecule has 4 rings (SSSR count). The molecule has 0 spiro atoms. The molecule has 1 saturated heterocycles. The molecule has 1 unspecified atom stereocenters. The monoisotopic (exact) mass is 322 g/mol. The first-order valence-corrected chi connectivity index (χ1v) is 9.14. The van der Waals surface area contributed by atoms with E-state index < -0.39 is 15.8 Å². The summed E-state index contributed by atoms with van der Waals surface area (Å²) in [6.07, 6.45) is 5.33. The Morgan fingerprint density at radius 3 is 2.73 bits per heavy atom. The lowest BCUT2D eigenvalue weighted by Crippen LogP contribution is -2.42. The molecular formula is C15H18N2O4S. The first kappa shape index (κ1) is 14.0. The van der Waals surface area contributed by atoms with E-state index in [9.17, 15) is 13.2 Å². The Hall–Kier alpha value is -1.60. The number of hydrogen-bond acceptors (Lipinski definition) is 4. The second kappa shape index (κ2) is 4.96. The van der Waals surface area contributed by atoms with Crippen molar-refractivity contribution in [3.05, 3.63) is 28.7 Å². The van der Waals surface area contributed by atoms with Crippen LogP contribution in [0.1, 0.15) is 32.1 Å². The van der Waals surface area contributed by atoms with Gasteiger partial charge in [0.2, 0.25) is 10.0 Å². The molecule has 118 valence electrons. The maximum absolute atomic E-state index is 12.9. The molecule has 6 nitrogen and oxygen atoms in total. The second-order valence-electron chi connectivity index (χ2n) is 6.19. The summed E-state index contributed by atoms with van der Waals surface area (Å²) in [4.78, 5) is 13.9. The van der Waals surface area contributed by atoms with E-state index in [0.717, 1.165) is 25.7 Å². The van der Waals surface area contributed by atoms with Gasteiger partial charge < -0.3 is 4.42 Å². The van der Waals surface area contributed by atoms with Crippen LogP contribution < -0.4 is 5.76 Å². The first-order chi connectivity index (χ1) is 10.6. The van der Waals surface area contributed by atoms with E-state index in [4.69, 9.17) is 4.42 Å². The molecule has 1 aromatic carbocycles. The van der Waals surface area contributed by atoms with Crippen molar-refractivity contribution in [1.82, 2.24) is 9.29 Å². The highest BCUT2D eigenvalue weighted by molar-refractivity contribution is 7.89. The fraction of sp³-hybridized carbons (Fsp3) is 0.533. The van der Waals surface area contributed by atoms with Crippen molar-refractivity contribution in [1.29, 1.82) is 0 Å². The summed E-state index contributed by atoms with van der Waals surface area (Å²) < 4.78 is 32.5. The summed E-state index contributed by atoms with van der Waals surface area (Å²) in [6.45, 7) is 0.582. The highest BCUT2D eigenvalue weighted by Crippen LogP contribution is 2.39. The molecule has 1 atom stereocenters. The Bertz CT molecular complexity index is 863. The van der Waals surface area contributed by atoms with Crippen molar-refractivity contribution >= 4 is 21.1 Å². The van der Waals surface area contributed by atoms with E-state index in [2.05, 4.69) is 4.98 Å². The van der Waals surface area contributed by atoms with Crippen LogP contribution in [0.2, 0.25) is 0 Å². The fourth-order valence-electron chi connectivity index (χ4n) is 3.58. The Labute approximate surface area is 128 Å². The van der Waals surface area contributed by atoms with Crippen molar-refractivity contribution in [2.75, 3.05) is 6.54 Å². The minimum absolute atomic E-state index is 0.132. The molecular weight excluding hydrogens is 304 g/mol. The van der Waals surface area contributed by atoms with Crippen LogP contribution in [0.5, 0.6) is 0 Å². The number of fused-ring (bicyclic) bond motifs is 1. The lowest BCUT2D eigenvalue weighted by atomic mass is 9.79. The van der Waals surface area contributed by atoms with E-state index in [-0.39, 0.29) is 16.5 Å². The summed E-state index contributed by atoms with van der Waals surface area (Å²) >= 11 is 0. The normalized spacial score (nSPS) is 23.9. The number of H-pyrrole nitrogens is 1. The van der Waals surface area contributed by atoms with Crippen molar-refractivity contribution in [3.63, 3.8) is 0 Å². The zero-order valence-corrected chi connectivity index (χ0v) is 12.9. The quantitative estimate of drug-likeness (QED) is 0.937. The second-order valence-corrected chi connectivity index (χ2v) is 8.08. The van der Waals surface area contributed by atoms with Gasteiger partial charge in [0, 0.05) is 18.7 Å². The van der Waals surface area contributed by atoms with Gasteiger partial charge in [0.05, 0.1) is 10.4 Å². The number of oxazole rings is 1. The average molecular weight is 322 g/mol. The van der Waals surface area contributed by atoms with E-state index in [0.29, 0.717) is 18.0 Å². The predicted molar refractivity (Wildman–Crippen MR) is 81.1 cm³/mol. The van der Waals surface area contributed by atoms with Gasteiger partial charge >= 0.3 is 5.76 Å². The topological polar surface area (TPSA) is 83.4 Å². The molecule has 2 heterocycles. The summed E-state index contributed by atoms with van der Waals surface area (Å²) in [5, 5.41) is 0. The lowest BCUT2D eigenvalue weighted by molar-refractivity contribution is 0.191. The van der Waals surface area contributed by atoms with Crippen LogP contribution in [-0.4, -0.2) is 30.3 Å². The van der Waals surface area contributed by atoms with Crippen LogP contribution in [0.3, 0.4) is 0 Å². The van der Waals surface area contributed by atoms with Gasteiger partial charge in [-0.1, -0.05) is 6.42 Å². The van der Waals surface area contributed by atoms with Crippen molar-refractivity contribution in [3.8, 4) is 0 Å². The van der Waals surface area contributed by atoms with E-state index in [1.165, 1.54) is 12.5 Å². The molecule has 2 aromatic rings. The summed E-state index contributed by atoms with van der Waals surface area (Å²) in [5.74, 6) is -0.0655. The minimum Gasteiger partial charge on any atom is -0.408 e. The van der Waals surface area contributed by atoms with Gasteiger partial charge in [-0.05, 0) is 43.7 Å². The van der Waals surface area contributed by atoms with E-state index >= 15 is 0 Å². The van der Waals surface area contributed by atoms with Gasteiger partial charge in [0.25, 0.3) is 0 Å². The molecule has 1 saturated carbocycles. The number of benzene rings is 1. The minimum atomic E-state index is -3.53. The summed E-state index contributed by atoms with van der Waals surface area (Å²) in [5.41, 5.74) is 0.798. The molecule has 1 aliphatic heterocycles. The zero-order chi connectivity index (χ0) is 15.3. The number of rotatable bonds is 3. The molecule has 0 radical (unpaired) electrons. The molecule has 0 amide bonds. The lowest BCUT2D eigenvalue weighted by Gasteiger charge is -2.36. The van der Waals surface area contributed by atoms with Crippen LogP contribution in [0.25, 0.3) is 11.1 Å². The standard InChI is InChI=1S/C15H18N2O4S/c18-15-16-12-7-6-11(9-14(12)21-15)22(19,20)17-8-2-5-13(17)10-3-1-4-10/h6-7,9-10,13H,1-5,8H2,(H,16,18). The Morgan fingerprint density at radius 1 is 1.18 bits per heavy atom. The maximum Gasteiger partial charge on any atom is 0.417 e. The van der Waals surface area contributed by atoms with Gasteiger partial charge in [-0.2, -0.15) is 4.31 Å². The Balaban J connectivity index is 1.72. The van der Waals surface area contributed by atoms with Crippen LogP contribution in [0.4, 0.5) is 0 Å². The fourth-order valence-corrected chi connectivity index (χ4v) is 5.35. The van der Waals surface area contributed by atoms with Crippen LogP contribution >= 0.6 is 0 Å². The molecule has 2 aliphatic rings. The summed E-state index contributed by atoms with van der Waals surface area (Å²) in [6, 6.07) is 4.70. The van der Waals surface area contributed by atoms with Crippen molar-refractivity contribution < 1.29 is 12.8 Å². The van der Waals surface area contributed by atoms with Crippen molar-refractivity contribution in [2.24, 2.45) is 5.92 Å². The number of sulfonamides is 1. The Kier molecular flexibility index (Phi) is 3.16. The third-order valence-electron chi connectivity index (χ3n) is 4.94. The SMILES string of the molecule is O=c1[nH]c2ccc(S(=O)(=O)N3CCCC3C3CCC3)cc2o1. The molecule has 0 bridgehead atoms. The number of nitrogens with one attached hydrogen (secondary N) is 1. The molecule has 1 aromatic heterocycles. The largest absolute Gasteiger partial charge is 0.417 e. The molecule has 7 heteroatoms. The average Bonchev–Trinajstić information content (AvgIpc) is 3.01. The third-order valence-corrected chi connectivity index (χ3v) is 6.86. The predicted octanol–water partition coefficient (Wildman–Crippen LogP) is 2.07. The highest BCUT2D eigenvalue weighted by Gasteiger charge is 2.41. The number of hydrogen-bond donors (Lipinski definition) is 1. The van der Waals surface area contributed by atoms with Crippen LogP contribution in [0.15, 0.2) is 32.3 Å². The van der Waals surface area contributed by atoms with Crippen molar-refractivity contribution in [2.45, 2.75) is 43.0 Å². The molecule has 2 fully saturated rings. The highest BCUT2D eigenvalue weighted by atomic mass is 32.2. The number of aromatic amines is 1. The molecule has 1 aliphatic carbocycles. The Morgan fingerprint density at radius 2 is 2.00 bits per heavy atom. The third kappa shape index (κ3) is 2.11.